The van der Waals surface area contributed by atoms with Crippen molar-refractivity contribution < 1.29 is 0 Å². The van der Waals surface area contributed by atoms with Crippen LogP contribution in [0.2, 0.25) is 0 Å². The number of hydrogen-bond donors (Lipinski definition) is 0. The Bertz CT molecular complexity index is 576. The maximum atomic E-state index is 3.53. The molecule has 0 N–H and O–H groups in total. The third-order valence-electron chi connectivity index (χ3n) is 4.09. The average Bonchev–Trinajstić information content (AvgIpc) is 2.48. The molecule has 0 saturated carbocycles. The van der Waals surface area contributed by atoms with Crippen LogP contribution in [-0.2, 0) is 0 Å². The Kier molecular flexibility index (Phi) is 4.11. The Morgan fingerprint density at radius 2 is 1.85 bits per heavy atom. The average molecular weight is 330 g/mol. The standard InChI is InChI=1S/C18H20BrN/c1-14-5-4-6-17(13-14)20-12-3-2-7-18(20)15-8-10-16(19)11-9-15/h4-6,8-11,13,18H,2-3,7,12H2,1H3. The number of halogens is 1. The first-order valence-electron chi connectivity index (χ1n) is 7.33. The lowest BCUT2D eigenvalue weighted by Gasteiger charge is -2.38. The largest absolute Gasteiger partial charge is 0.364 e. The van der Waals surface area contributed by atoms with Gasteiger partial charge in [0.25, 0.3) is 0 Å². The minimum absolute atomic E-state index is 0.513. The van der Waals surface area contributed by atoms with Gasteiger partial charge in [-0.2, -0.15) is 0 Å². The molecular weight excluding hydrogens is 310 g/mol. The van der Waals surface area contributed by atoms with Gasteiger partial charge in [0, 0.05) is 16.7 Å². The second kappa shape index (κ2) is 6.01. The lowest BCUT2D eigenvalue weighted by atomic mass is 9.94. The van der Waals surface area contributed by atoms with Crippen molar-refractivity contribution in [1.82, 2.24) is 0 Å². The molecular formula is C18H20BrN. The van der Waals surface area contributed by atoms with E-state index in [4.69, 9.17) is 0 Å². The van der Waals surface area contributed by atoms with Gasteiger partial charge in [0.2, 0.25) is 0 Å². The zero-order valence-electron chi connectivity index (χ0n) is 11.8. The number of piperidine rings is 1. The summed E-state index contributed by atoms with van der Waals surface area (Å²) in [5.41, 5.74) is 4.12. The first-order chi connectivity index (χ1) is 9.74. The Labute approximate surface area is 129 Å². The zero-order chi connectivity index (χ0) is 13.9. The molecule has 1 aliphatic rings. The fourth-order valence-electron chi connectivity index (χ4n) is 3.08. The van der Waals surface area contributed by atoms with Crippen LogP contribution < -0.4 is 4.90 Å². The lowest BCUT2D eigenvalue weighted by Crippen LogP contribution is -2.33. The zero-order valence-corrected chi connectivity index (χ0v) is 13.4. The van der Waals surface area contributed by atoms with E-state index < -0.39 is 0 Å². The molecule has 1 aliphatic heterocycles. The Balaban J connectivity index is 1.93. The van der Waals surface area contributed by atoms with Crippen LogP contribution in [0.5, 0.6) is 0 Å². The van der Waals surface area contributed by atoms with E-state index in [0.717, 1.165) is 11.0 Å². The summed E-state index contributed by atoms with van der Waals surface area (Å²) in [6.07, 6.45) is 3.86. The van der Waals surface area contributed by atoms with Gasteiger partial charge >= 0.3 is 0 Å². The summed E-state index contributed by atoms with van der Waals surface area (Å²) in [4.78, 5) is 2.57. The molecule has 3 rings (SSSR count). The summed E-state index contributed by atoms with van der Waals surface area (Å²) < 4.78 is 1.15. The molecule has 1 atom stereocenters. The number of aryl methyl sites for hydroxylation is 1. The summed E-state index contributed by atoms with van der Waals surface area (Å²) in [7, 11) is 0. The molecule has 1 saturated heterocycles. The summed E-state index contributed by atoms with van der Waals surface area (Å²) >= 11 is 3.53. The van der Waals surface area contributed by atoms with E-state index in [1.54, 1.807) is 0 Å². The number of hydrogen-bond acceptors (Lipinski definition) is 1. The molecule has 0 radical (unpaired) electrons. The quantitative estimate of drug-likeness (QED) is 0.704. The van der Waals surface area contributed by atoms with E-state index in [0.29, 0.717) is 6.04 Å². The van der Waals surface area contributed by atoms with E-state index in [-0.39, 0.29) is 0 Å². The molecule has 0 amide bonds. The van der Waals surface area contributed by atoms with Crippen molar-refractivity contribution in [3.05, 3.63) is 64.1 Å². The van der Waals surface area contributed by atoms with Crippen LogP contribution in [0.3, 0.4) is 0 Å². The summed E-state index contributed by atoms with van der Waals surface area (Å²) in [6.45, 7) is 3.33. The van der Waals surface area contributed by atoms with Crippen molar-refractivity contribution in [2.45, 2.75) is 32.2 Å². The normalized spacial score (nSPS) is 19.1. The fraction of sp³-hybridized carbons (Fsp3) is 0.333. The molecule has 104 valence electrons. The Morgan fingerprint density at radius 1 is 1.05 bits per heavy atom. The molecule has 20 heavy (non-hydrogen) atoms. The molecule has 0 spiro atoms. The van der Waals surface area contributed by atoms with Gasteiger partial charge in [-0.25, -0.2) is 0 Å². The smallest absolute Gasteiger partial charge is 0.0542 e. The van der Waals surface area contributed by atoms with Crippen LogP contribution in [0.15, 0.2) is 53.0 Å². The highest BCUT2D eigenvalue weighted by atomic mass is 79.9. The number of nitrogens with zero attached hydrogens (tertiary/aromatic N) is 1. The second-order valence-electron chi connectivity index (χ2n) is 5.60. The van der Waals surface area contributed by atoms with Crippen molar-refractivity contribution in [3.8, 4) is 0 Å². The Hall–Kier alpha value is -1.28. The molecule has 1 unspecified atom stereocenters. The van der Waals surface area contributed by atoms with E-state index >= 15 is 0 Å². The van der Waals surface area contributed by atoms with Crippen LogP contribution in [0.25, 0.3) is 0 Å². The van der Waals surface area contributed by atoms with E-state index in [1.807, 2.05) is 0 Å². The van der Waals surface area contributed by atoms with Crippen molar-refractivity contribution in [2.24, 2.45) is 0 Å². The van der Waals surface area contributed by atoms with Gasteiger partial charge in [0.15, 0.2) is 0 Å². The topological polar surface area (TPSA) is 3.24 Å². The monoisotopic (exact) mass is 329 g/mol. The molecule has 1 nitrogen and oxygen atoms in total. The van der Waals surface area contributed by atoms with Gasteiger partial charge in [-0.1, -0.05) is 40.2 Å². The van der Waals surface area contributed by atoms with Crippen molar-refractivity contribution in [2.75, 3.05) is 11.4 Å². The summed E-state index contributed by atoms with van der Waals surface area (Å²) in [6, 6.07) is 18.2. The van der Waals surface area contributed by atoms with Crippen LogP contribution in [0.4, 0.5) is 5.69 Å². The van der Waals surface area contributed by atoms with Crippen LogP contribution in [0, 0.1) is 6.92 Å². The molecule has 2 aromatic carbocycles. The number of benzene rings is 2. The second-order valence-corrected chi connectivity index (χ2v) is 6.51. The van der Waals surface area contributed by atoms with Crippen LogP contribution in [0.1, 0.15) is 36.4 Å². The third kappa shape index (κ3) is 2.90. The van der Waals surface area contributed by atoms with Gasteiger partial charge < -0.3 is 4.90 Å². The van der Waals surface area contributed by atoms with Crippen LogP contribution in [-0.4, -0.2) is 6.54 Å². The predicted molar refractivity (Wildman–Crippen MR) is 89.3 cm³/mol. The molecule has 0 aliphatic carbocycles. The van der Waals surface area contributed by atoms with E-state index in [2.05, 4.69) is 76.3 Å². The first-order valence-corrected chi connectivity index (χ1v) is 8.12. The Morgan fingerprint density at radius 3 is 2.60 bits per heavy atom. The SMILES string of the molecule is Cc1cccc(N2CCCCC2c2ccc(Br)cc2)c1. The molecule has 1 heterocycles. The lowest BCUT2D eigenvalue weighted by molar-refractivity contribution is 0.473. The summed E-state index contributed by atoms with van der Waals surface area (Å²) in [5.74, 6) is 0. The van der Waals surface area contributed by atoms with Gasteiger partial charge in [-0.3, -0.25) is 0 Å². The van der Waals surface area contributed by atoms with Crippen molar-refractivity contribution >= 4 is 21.6 Å². The highest BCUT2D eigenvalue weighted by Gasteiger charge is 2.24. The minimum atomic E-state index is 0.513. The molecule has 2 aromatic rings. The van der Waals surface area contributed by atoms with Crippen molar-refractivity contribution in [3.63, 3.8) is 0 Å². The molecule has 0 aromatic heterocycles. The van der Waals surface area contributed by atoms with Gasteiger partial charge in [0.05, 0.1) is 6.04 Å². The van der Waals surface area contributed by atoms with Crippen molar-refractivity contribution in [1.29, 1.82) is 0 Å². The van der Waals surface area contributed by atoms with E-state index in [9.17, 15) is 0 Å². The molecule has 0 bridgehead atoms. The van der Waals surface area contributed by atoms with Gasteiger partial charge in [0.1, 0.15) is 0 Å². The third-order valence-corrected chi connectivity index (χ3v) is 4.62. The first kappa shape index (κ1) is 13.7. The van der Waals surface area contributed by atoms with Gasteiger partial charge in [-0.15, -0.1) is 0 Å². The molecule has 2 heteroatoms. The minimum Gasteiger partial charge on any atom is -0.364 e. The number of anilines is 1. The summed E-state index contributed by atoms with van der Waals surface area (Å²) in [5, 5.41) is 0. The highest BCUT2D eigenvalue weighted by Crippen LogP contribution is 2.35. The fourth-order valence-corrected chi connectivity index (χ4v) is 3.34. The van der Waals surface area contributed by atoms with Crippen LogP contribution >= 0.6 is 15.9 Å². The maximum absolute atomic E-state index is 3.53. The van der Waals surface area contributed by atoms with Gasteiger partial charge in [-0.05, 0) is 61.6 Å². The van der Waals surface area contributed by atoms with E-state index in [1.165, 1.54) is 36.1 Å². The molecule has 1 fully saturated rings. The maximum Gasteiger partial charge on any atom is 0.0542 e. The predicted octanol–water partition coefficient (Wildman–Crippen LogP) is 5.49. The highest BCUT2D eigenvalue weighted by molar-refractivity contribution is 9.10. The number of rotatable bonds is 2.